The van der Waals surface area contributed by atoms with Crippen molar-refractivity contribution in [3.63, 3.8) is 0 Å². The minimum Gasteiger partial charge on any atom is -0.380 e. The Morgan fingerprint density at radius 2 is 2.47 bits per heavy atom. The summed E-state index contributed by atoms with van der Waals surface area (Å²) in [6.45, 7) is 3.02. The summed E-state index contributed by atoms with van der Waals surface area (Å²) in [7, 11) is 3.56. The largest absolute Gasteiger partial charge is 0.380 e. The van der Waals surface area contributed by atoms with E-state index in [1.807, 2.05) is 11.9 Å². The van der Waals surface area contributed by atoms with E-state index in [0.717, 1.165) is 26.1 Å². The van der Waals surface area contributed by atoms with Gasteiger partial charge in [0.1, 0.15) is 0 Å². The van der Waals surface area contributed by atoms with Gasteiger partial charge in [-0.15, -0.1) is 0 Å². The summed E-state index contributed by atoms with van der Waals surface area (Å²) in [6.07, 6.45) is 3.63. The molecule has 1 heterocycles. The average molecular weight is 212 g/mol. The van der Waals surface area contributed by atoms with Crippen LogP contribution in [0.5, 0.6) is 0 Å². The highest BCUT2D eigenvalue weighted by Gasteiger charge is 2.16. The summed E-state index contributed by atoms with van der Waals surface area (Å²) in [5, 5.41) is 2.98. The van der Waals surface area contributed by atoms with E-state index >= 15 is 0 Å². The lowest BCUT2D eigenvalue weighted by Crippen LogP contribution is -2.36. The molecule has 0 fully saturated rings. The Balaban J connectivity index is 2.32. The second-order valence-corrected chi connectivity index (χ2v) is 3.74. The van der Waals surface area contributed by atoms with Crippen LogP contribution in [0.3, 0.4) is 0 Å². The summed E-state index contributed by atoms with van der Waals surface area (Å²) in [5.74, 6) is 0.233. The summed E-state index contributed by atoms with van der Waals surface area (Å²) in [5.41, 5.74) is 1.30. The molecule has 15 heavy (non-hydrogen) atoms. The van der Waals surface area contributed by atoms with Crippen LogP contribution in [0.25, 0.3) is 0 Å². The summed E-state index contributed by atoms with van der Waals surface area (Å²) in [6, 6.07) is 0. The van der Waals surface area contributed by atoms with Crippen molar-refractivity contribution < 1.29 is 9.53 Å². The van der Waals surface area contributed by atoms with Crippen molar-refractivity contribution in [2.75, 3.05) is 40.4 Å². The summed E-state index contributed by atoms with van der Waals surface area (Å²) in [4.78, 5) is 13.5. The number of rotatable bonds is 5. The molecule has 0 aromatic rings. The van der Waals surface area contributed by atoms with E-state index in [9.17, 15) is 4.79 Å². The van der Waals surface area contributed by atoms with Gasteiger partial charge in [0.05, 0.1) is 6.61 Å². The fraction of sp³-hybridized carbons (Fsp3) is 0.727. The van der Waals surface area contributed by atoms with Crippen LogP contribution in [-0.2, 0) is 9.53 Å². The lowest BCUT2D eigenvalue weighted by molar-refractivity contribution is -0.130. The molecule has 0 saturated heterocycles. The highest BCUT2D eigenvalue weighted by molar-refractivity contribution is 5.76. The number of hydrogen-bond donors (Lipinski definition) is 1. The van der Waals surface area contributed by atoms with Gasteiger partial charge in [0.25, 0.3) is 0 Å². The zero-order valence-corrected chi connectivity index (χ0v) is 9.58. The smallest absolute Gasteiger partial charge is 0.224 e. The third kappa shape index (κ3) is 4.01. The fourth-order valence-electron chi connectivity index (χ4n) is 1.64. The normalized spacial score (nSPS) is 16.4. The van der Waals surface area contributed by atoms with E-state index in [0.29, 0.717) is 13.0 Å². The zero-order chi connectivity index (χ0) is 11.1. The molecule has 1 amide bonds. The Labute approximate surface area is 91.3 Å². The quantitative estimate of drug-likeness (QED) is 0.671. The lowest BCUT2D eigenvalue weighted by atomic mass is 10.1. The minimum atomic E-state index is 0.233. The third-order valence-electron chi connectivity index (χ3n) is 2.57. The van der Waals surface area contributed by atoms with Crippen LogP contribution in [0, 0.1) is 0 Å². The molecular weight excluding hydrogens is 192 g/mol. The number of carbonyl (C=O) groups excluding carboxylic acids is 1. The fourth-order valence-corrected chi connectivity index (χ4v) is 1.64. The van der Waals surface area contributed by atoms with Gasteiger partial charge in [-0.25, -0.2) is 0 Å². The van der Waals surface area contributed by atoms with Crippen LogP contribution in [-0.4, -0.2) is 51.2 Å². The van der Waals surface area contributed by atoms with Crippen LogP contribution in [0.1, 0.15) is 12.8 Å². The Hall–Kier alpha value is -0.870. The van der Waals surface area contributed by atoms with Crippen LogP contribution < -0.4 is 5.32 Å². The molecule has 1 rings (SSSR count). The predicted molar refractivity (Wildman–Crippen MR) is 59.7 cm³/mol. The van der Waals surface area contributed by atoms with Gasteiger partial charge >= 0.3 is 0 Å². The summed E-state index contributed by atoms with van der Waals surface area (Å²) >= 11 is 0. The maximum absolute atomic E-state index is 11.6. The highest BCUT2D eigenvalue weighted by Crippen LogP contribution is 2.11. The molecule has 0 aliphatic carbocycles. The van der Waals surface area contributed by atoms with Gasteiger partial charge in [0.2, 0.25) is 5.91 Å². The Morgan fingerprint density at radius 1 is 1.67 bits per heavy atom. The van der Waals surface area contributed by atoms with Gasteiger partial charge in [-0.2, -0.15) is 0 Å². The van der Waals surface area contributed by atoms with Gasteiger partial charge in [-0.3, -0.25) is 4.79 Å². The maximum atomic E-state index is 11.6. The zero-order valence-electron chi connectivity index (χ0n) is 9.58. The molecule has 0 aromatic carbocycles. The molecular formula is C11H20N2O2. The minimum absolute atomic E-state index is 0.233. The maximum Gasteiger partial charge on any atom is 0.224 e. The van der Waals surface area contributed by atoms with Gasteiger partial charge < -0.3 is 15.0 Å². The van der Waals surface area contributed by atoms with Gasteiger partial charge in [0.15, 0.2) is 0 Å². The van der Waals surface area contributed by atoms with E-state index in [-0.39, 0.29) is 5.91 Å². The summed E-state index contributed by atoms with van der Waals surface area (Å²) < 4.78 is 5.06. The van der Waals surface area contributed by atoms with E-state index in [4.69, 9.17) is 4.74 Å². The second-order valence-electron chi connectivity index (χ2n) is 3.74. The van der Waals surface area contributed by atoms with Gasteiger partial charge in [-0.05, 0) is 19.0 Å². The lowest BCUT2D eigenvalue weighted by Gasteiger charge is -2.26. The van der Waals surface area contributed by atoms with Gasteiger partial charge in [-0.1, -0.05) is 6.08 Å². The molecule has 0 spiro atoms. The highest BCUT2D eigenvalue weighted by atomic mass is 16.5. The monoisotopic (exact) mass is 212 g/mol. The Morgan fingerprint density at radius 3 is 3.00 bits per heavy atom. The molecule has 0 atom stereocenters. The third-order valence-corrected chi connectivity index (χ3v) is 2.57. The molecule has 1 aliphatic rings. The first-order valence-corrected chi connectivity index (χ1v) is 5.37. The van der Waals surface area contributed by atoms with Crippen molar-refractivity contribution in [1.29, 1.82) is 0 Å². The van der Waals surface area contributed by atoms with Crippen LogP contribution >= 0.6 is 0 Å². The van der Waals surface area contributed by atoms with E-state index in [2.05, 4.69) is 11.4 Å². The predicted octanol–water partition coefficient (Wildman–Crippen LogP) is 0.401. The second kappa shape index (κ2) is 6.58. The topological polar surface area (TPSA) is 41.6 Å². The van der Waals surface area contributed by atoms with Crippen molar-refractivity contribution in [3.8, 4) is 0 Å². The van der Waals surface area contributed by atoms with Gasteiger partial charge in [0, 0.05) is 33.2 Å². The van der Waals surface area contributed by atoms with Crippen molar-refractivity contribution in [2.45, 2.75) is 12.8 Å². The molecule has 0 radical (unpaired) electrons. The molecule has 1 N–H and O–H groups in total. The molecule has 4 heteroatoms. The van der Waals surface area contributed by atoms with E-state index < -0.39 is 0 Å². The van der Waals surface area contributed by atoms with Crippen molar-refractivity contribution in [2.24, 2.45) is 0 Å². The van der Waals surface area contributed by atoms with Crippen molar-refractivity contribution in [1.82, 2.24) is 10.2 Å². The number of hydrogen-bond acceptors (Lipinski definition) is 3. The first-order chi connectivity index (χ1) is 7.27. The van der Waals surface area contributed by atoms with E-state index in [1.165, 1.54) is 5.57 Å². The number of nitrogens with zero attached hydrogens (tertiary/aromatic N) is 1. The molecule has 0 saturated carbocycles. The van der Waals surface area contributed by atoms with Crippen LogP contribution in [0.15, 0.2) is 11.6 Å². The Kier molecular flexibility index (Phi) is 5.36. The Bertz CT molecular complexity index is 239. The number of nitrogens with one attached hydrogen (secondary N) is 1. The molecule has 0 bridgehead atoms. The molecule has 4 nitrogen and oxygen atoms in total. The van der Waals surface area contributed by atoms with Crippen LogP contribution in [0.4, 0.5) is 0 Å². The van der Waals surface area contributed by atoms with Crippen LogP contribution in [0.2, 0.25) is 0 Å². The number of carbonyl (C=O) groups is 1. The molecule has 1 aliphatic heterocycles. The first kappa shape index (κ1) is 12.2. The van der Waals surface area contributed by atoms with E-state index in [1.54, 1.807) is 7.11 Å². The number of methoxy groups -OCH3 is 1. The number of amides is 1. The standard InChI is InChI=1S/C11H20N2O2/c1-12-6-3-11(14)13-7-4-10(5-8-13)9-15-2/h4,12H,3,5-9H2,1-2H3. The molecule has 0 aromatic heterocycles. The first-order valence-electron chi connectivity index (χ1n) is 5.37. The molecule has 0 unspecified atom stereocenters. The molecule has 86 valence electrons. The SMILES string of the molecule is CNCCC(=O)N1CC=C(COC)CC1. The van der Waals surface area contributed by atoms with Crippen molar-refractivity contribution >= 4 is 5.91 Å². The number of ether oxygens (including phenoxy) is 1. The average Bonchev–Trinajstić information content (AvgIpc) is 2.27. The van der Waals surface area contributed by atoms with Crippen molar-refractivity contribution in [3.05, 3.63) is 11.6 Å².